The van der Waals surface area contributed by atoms with E-state index in [-0.39, 0.29) is 5.56 Å². The molecule has 0 saturated heterocycles. The number of nitrogens with zero attached hydrogens (tertiary/aromatic N) is 2. The molecular formula is C12H16N2O. The molecule has 80 valence electrons. The van der Waals surface area contributed by atoms with Crippen molar-refractivity contribution in [3.8, 4) is 0 Å². The topological polar surface area (TPSA) is 34.9 Å². The first kappa shape index (κ1) is 9.13. The summed E-state index contributed by atoms with van der Waals surface area (Å²) in [4.78, 5) is 16.9. The van der Waals surface area contributed by atoms with Gasteiger partial charge in [-0.1, -0.05) is 6.42 Å². The van der Waals surface area contributed by atoms with Crippen LogP contribution in [0.15, 0.2) is 4.79 Å². The molecule has 0 spiro atoms. The third-order valence-corrected chi connectivity index (χ3v) is 3.55. The first-order valence-electron chi connectivity index (χ1n) is 5.98. The largest absolute Gasteiger partial charge is 0.296 e. The van der Waals surface area contributed by atoms with Crippen LogP contribution in [-0.4, -0.2) is 9.55 Å². The van der Waals surface area contributed by atoms with Crippen LogP contribution in [0.3, 0.4) is 0 Å². The van der Waals surface area contributed by atoms with E-state index in [4.69, 9.17) is 0 Å². The van der Waals surface area contributed by atoms with E-state index in [0.717, 1.165) is 55.7 Å². The van der Waals surface area contributed by atoms with Crippen LogP contribution in [0.2, 0.25) is 0 Å². The molecule has 3 heteroatoms. The highest BCUT2D eigenvalue weighted by Gasteiger charge is 2.20. The van der Waals surface area contributed by atoms with Gasteiger partial charge in [-0.15, -0.1) is 0 Å². The molecule has 0 N–H and O–H groups in total. The second-order valence-corrected chi connectivity index (χ2v) is 4.57. The summed E-state index contributed by atoms with van der Waals surface area (Å²) in [6, 6.07) is 0. The smallest absolute Gasteiger partial charge is 0.256 e. The van der Waals surface area contributed by atoms with E-state index in [1.165, 1.54) is 12.8 Å². The van der Waals surface area contributed by atoms with Gasteiger partial charge in [0.25, 0.3) is 5.56 Å². The van der Waals surface area contributed by atoms with Crippen molar-refractivity contribution in [3.63, 3.8) is 0 Å². The molecule has 3 rings (SSSR count). The third-order valence-electron chi connectivity index (χ3n) is 3.55. The quantitative estimate of drug-likeness (QED) is 0.600. The summed E-state index contributed by atoms with van der Waals surface area (Å²) in [5, 5.41) is 0. The van der Waals surface area contributed by atoms with Gasteiger partial charge in [-0.2, -0.15) is 0 Å². The SMILES string of the molecule is O=c1c2c(nc3n1CCC3)CCCCC2. The molecule has 3 nitrogen and oxygen atoms in total. The number of fused-ring (bicyclic) bond motifs is 2. The highest BCUT2D eigenvalue weighted by Crippen LogP contribution is 2.19. The zero-order chi connectivity index (χ0) is 10.3. The Hall–Kier alpha value is -1.12. The van der Waals surface area contributed by atoms with Crippen molar-refractivity contribution < 1.29 is 0 Å². The van der Waals surface area contributed by atoms with Crippen LogP contribution in [0.5, 0.6) is 0 Å². The maximum absolute atomic E-state index is 12.2. The molecule has 0 bridgehead atoms. The van der Waals surface area contributed by atoms with Crippen LogP contribution >= 0.6 is 0 Å². The van der Waals surface area contributed by atoms with Gasteiger partial charge in [0, 0.05) is 18.5 Å². The lowest BCUT2D eigenvalue weighted by atomic mass is 10.1. The van der Waals surface area contributed by atoms with E-state index in [9.17, 15) is 4.79 Å². The first-order chi connectivity index (χ1) is 7.36. The third kappa shape index (κ3) is 1.41. The predicted molar refractivity (Wildman–Crippen MR) is 58.1 cm³/mol. The lowest BCUT2D eigenvalue weighted by Crippen LogP contribution is -2.26. The number of hydrogen-bond donors (Lipinski definition) is 0. The van der Waals surface area contributed by atoms with Crippen molar-refractivity contribution in [1.82, 2.24) is 9.55 Å². The Morgan fingerprint density at radius 1 is 1.00 bits per heavy atom. The number of aryl methyl sites for hydroxylation is 2. The lowest BCUT2D eigenvalue weighted by molar-refractivity contribution is 0.688. The fourth-order valence-corrected chi connectivity index (χ4v) is 2.73. The number of hydrogen-bond acceptors (Lipinski definition) is 2. The average Bonchev–Trinajstić information content (AvgIpc) is 2.56. The fraction of sp³-hybridized carbons (Fsp3) is 0.667. The van der Waals surface area contributed by atoms with Gasteiger partial charge in [0.15, 0.2) is 0 Å². The summed E-state index contributed by atoms with van der Waals surface area (Å²) >= 11 is 0. The molecule has 1 aromatic heterocycles. The maximum Gasteiger partial charge on any atom is 0.256 e. The van der Waals surface area contributed by atoms with Crippen LogP contribution in [0, 0.1) is 0 Å². The van der Waals surface area contributed by atoms with Gasteiger partial charge in [0.2, 0.25) is 0 Å². The summed E-state index contributed by atoms with van der Waals surface area (Å²) in [5.74, 6) is 1.03. The molecule has 0 atom stereocenters. The molecule has 1 aromatic rings. The summed E-state index contributed by atoms with van der Waals surface area (Å²) in [7, 11) is 0. The number of aromatic nitrogens is 2. The zero-order valence-corrected chi connectivity index (χ0v) is 8.96. The summed E-state index contributed by atoms with van der Waals surface area (Å²) in [5.41, 5.74) is 2.37. The molecule has 0 unspecified atom stereocenters. The van der Waals surface area contributed by atoms with E-state index in [0.29, 0.717) is 0 Å². The van der Waals surface area contributed by atoms with E-state index >= 15 is 0 Å². The Labute approximate surface area is 89.2 Å². The van der Waals surface area contributed by atoms with Crippen molar-refractivity contribution in [3.05, 3.63) is 27.4 Å². The first-order valence-corrected chi connectivity index (χ1v) is 5.98. The molecule has 0 radical (unpaired) electrons. The van der Waals surface area contributed by atoms with Crippen LogP contribution in [0.25, 0.3) is 0 Å². The van der Waals surface area contributed by atoms with Gasteiger partial charge in [-0.05, 0) is 32.1 Å². The normalized spacial score (nSPS) is 19.5. The number of rotatable bonds is 0. The summed E-state index contributed by atoms with van der Waals surface area (Å²) in [6.45, 7) is 0.883. The van der Waals surface area contributed by atoms with Crippen LogP contribution in [0.4, 0.5) is 0 Å². The van der Waals surface area contributed by atoms with E-state index in [1.54, 1.807) is 0 Å². The van der Waals surface area contributed by atoms with E-state index in [1.807, 2.05) is 4.57 Å². The Morgan fingerprint density at radius 3 is 2.80 bits per heavy atom. The van der Waals surface area contributed by atoms with Gasteiger partial charge in [0.1, 0.15) is 5.82 Å². The minimum atomic E-state index is 0.259. The monoisotopic (exact) mass is 204 g/mol. The van der Waals surface area contributed by atoms with Gasteiger partial charge in [-0.25, -0.2) is 4.98 Å². The second-order valence-electron chi connectivity index (χ2n) is 4.57. The highest BCUT2D eigenvalue weighted by molar-refractivity contribution is 5.21. The average molecular weight is 204 g/mol. The van der Waals surface area contributed by atoms with Crippen molar-refractivity contribution in [2.24, 2.45) is 0 Å². The molecule has 0 fully saturated rings. The minimum absolute atomic E-state index is 0.259. The second kappa shape index (κ2) is 3.47. The summed E-state index contributed by atoms with van der Waals surface area (Å²) < 4.78 is 1.89. The Bertz CT molecular complexity index is 448. The molecule has 2 heterocycles. The molecule has 0 amide bonds. The molecular weight excluding hydrogens is 188 g/mol. The fourth-order valence-electron chi connectivity index (χ4n) is 2.73. The minimum Gasteiger partial charge on any atom is -0.296 e. The van der Waals surface area contributed by atoms with E-state index < -0.39 is 0 Å². The molecule has 2 aliphatic rings. The summed E-state index contributed by atoms with van der Waals surface area (Å²) in [6.07, 6.45) is 7.63. The molecule has 0 saturated carbocycles. The van der Waals surface area contributed by atoms with Gasteiger partial charge in [-0.3, -0.25) is 9.36 Å². The van der Waals surface area contributed by atoms with Crippen LogP contribution in [-0.2, 0) is 25.8 Å². The molecule has 1 aliphatic heterocycles. The van der Waals surface area contributed by atoms with Crippen molar-refractivity contribution in [2.45, 2.75) is 51.5 Å². The van der Waals surface area contributed by atoms with Gasteiger partial charge < -0.3 is 0 Å². The molecule has 1 aliphatic carbocycles. The Morgan fingerprint density at radius 2 is 1.87 bits per heavy atom. The predicted octanol–water partition coefficient (Wildman–Crippen LogP) is 1.46. The van der Waals surface area contributed by atoms with Gasteiger partial charge >= 0.3 is 0 Å². The zero-order valence-electron chi connectivity index (χ0n) is 8.96. The van der Waals surface area contributed by atoms with Crippen molar-refractivity contribution in [2.75, 3.05) is 0 Å². The van der Waals surface area contributed by atoms with Crippen molar-refractivity contribution in [1.29, 1.82) is 0 Å². The standard InChI is InChI=1S/C12H16N2O/c15-12-9-5-2-1-3-6-10(9)13-11-7-4-8-14(11)12/h1-8H2. The van der Waals surface area contributed by atoms with Crippen molar-refractivity contribution >= 4 is 0 Å². The molecule has 15 heavy (non-hydrogen) atoms. The van der Waals surface area contributed by atoms with Crippen LogP contribution < -0.4 is 5.56 Å². The highest BCUT2D eigenvalue weighted by atomic mass is 16.1. The molecule has 0 aromatic carbocycles. The van der Waals surface area contributed by atoms with E-state index in [2.05, 4.69) is 4.98 Å². The maximum atomic E-state index is 12.2. The Balaban J connectivity index is 2.19. The van der Waals surface area contributed by atoms with Crippen LogP contribution in [0.1, 0.15) is 42.8 Å². The Kier molecular flexibility index (Phi) is 2.11. The lowest BCUT2D eigenvalue weighted by Gasteiger charge is -2.08. The van der Waals surface area contributed by atoms with Gasteiger partial charge in [0.05, 0.1) is 5.69 Å².